The van der Waals surface area contributed by atoms with Gasteiger partial charge in [-0.2, -0.15) is 0 Å². The molecule has 0 spiro atoms. The first kappa shape index (κ1) is 18.9. The highest BCUT2D eigenvalue weighted by Crippen LogP contribution is 2.49. The minimum Gasteiger partial charge on any atom is -0.480 e. The third-order valence-electron chi connectivity index (χ3n) is 5.68. The zero-order chi connectivity index (χ0) is 19.7. The summed E-state index contributed by atoms with van der Waals surface area (Å²) in [7, 11) is 1.76. The van der Waals surface area contributed by atoms with Crippen molar-refractivity contribution in [2.45, 2.75) is 18.4 Å². The summed E-state index contributed by atoms with van der Waals surface area (Å²) in [6.45, 7) is 2.13. The number of fused-ring (bicyclic) bond motifs is 1. The first-order valence-corrected chi connectivity index (χ1v) is 9.80. The van der Waals surface area contributed by atoms with E-state index in [0.717, 1.165) is 6.42 Å². The van der Waals surface area contributed by atoms with Gasteiger partial charge in [-0.1, -0.05) is 42.5 Å². The summed E-state index contributed by atoms with van der Waals surface area (Å²) in [5.74, 6) is -0.306. The van der Waals surface area contributed by atoms with Crippen molar-refractivity contribution in [1.82, 2.24) is 9.80 Å². The molecule has 0 aromatic heterocycles. The fraction of sp³-hybridized carbons (Fsp3) is 0.455. The Balaban J connectivity index is 1.36. The molecule has 2 aromatic carbocycles. The number of ether oxygens (including phenoxy) is 1. The summed E-state index contributed by atoms with van der Waals surface area (Å²) in [5.41, 5.74) is 1.24. The second kappa shape index (κ2) is 7.89. The number of morpholine rings is 1. The maximum absolute atomic E-state index is 13.0. The lowest BCUT2D eigenvalue weighted by Crippen LogP contribution is -2.50. The van der Waals surface area contributed by atoms with Gasteiger partial charge in [-0.15, -0.1) is 0 Å². The van der Waals surface area contributed by atoms with Crippen molar-refractivity contribution in [3.63, 3.8) is 0 Å². The molecule has 6 heteroatoms. The summed E-state index contributed by atoms with van der Waals surface area (Å²) in [6, 6.07) is 14.8. The summed E-state index contributed by atoms with van der Waals surface area (Å²) in [5, 5.41) is 11.3. The van der Waals surface area contributed by atoms with Crippen molar-refractivity contribution < 1.29 is 19.4 Å². The van der Waals surface area contributed by atoms with Crippen LogP contribution >= 0.6 is 0 Å². The van der Waals surface area contributed by atoms with Gasteiger partial charge in [-0.05, 0) is 35.7 Å². The number of hydrogen-bond acceptors (Lipinski definition) is 4. The zero-order valence-corrected chi connectivity index (χ0v) is 16.1. The lowest BCUT2D eigenvalue weighted by atomic mass is 10.0. The Morgan fingerprint density at radius 1 is 1.21 bits per heavy atom. The van der Waals surface area contributed by atoms with E-state index in [4.69, 9.17) is 9.84 Å². The van der Waals surface area contributed by atoms with Gasteiger partial charge in [-0.25, -0.2) is 0 Å². The Labute approximate surface area is 164 Å². The molecule has 6 nitrogen and oxygen atoms in total. The van der Waals surface area contributed by atoms with Crippen LogP contribution < -0.4 is 0 Å². The summed E-state index contributed by atoms with van der Waals surface area (Å²) in [6.07, 6.45) is 0.762. The SMILES string of the molecule is CN(CC(=O)O)CC1CN(C(=O)C2CC2c2ccc3ccccc3c2)CCO1. The molecular formula is C22H26N2O4. The van der Waals surface area contributed by atoms with Crippen molar-refractivity contribution >= 4 is 22.6 Å². The standard InChI is InChI=1S/C22H26N2O4/c1-23(14-21(25)26)12-18-13-24(8-9-28-18)22(27)20-11-19(20)17-7-6-15-4-2-3-5-16(15)10-17/h2-7,10,18-20H,8-9,11-14H2,1H3,(H,25,26). The Morgan fingerprint density at radius 3 is 2.79 bits per heavy atom. The third-order valence-corrected chi connectivity index (χ3v) is 5.68. The molecule has 3 unspecified atom stereocenters. The number of likely N-dealkylation sites (N-methyl/N-ethyl adjacent to an activating group) is 1. The molecule has 3 atom stereocenters. The average Bonchev–Trinajstić information content (AvgIpc) is 3.47. The Morgan fingerprint density at radius 2 is 2.00 bits per heavy atom. The van der Waals surface area contributed by atoms with Crippen LogP contribution in [0.2, 0.25) is 0 Å². The van der Waals surface area contributed by atoms with E-state index in [2.05, 4.69) is 30.3 Å². The lowest BCUT2D eigenvalue weighted by Gasteiger charge is -2.34. The smallest absolute Gasteiger partial charge is 0.317 e. The van der Waals surface area contributed by atoms with Gasteiger partial charge in [0.15, 0.2) is 0 Å². The predicted octanol–water partition coefficient (Wildman–Crippen LogP) is 2.19. The third kappa shape index (κ3) is 4.18. The summed E-state index contributed by atoms with van der Waals surface area (Å²) in [4.78, 5) is 27.4. The van der Waals surface area contributed by atoms with Gasteiger partial charge < -0.3 is 14.7 Å². The largest absolute Gasteiger partial charge is 0.480 e. The number of aliphatic carboxylic acids is 1. The number of carboxylic acid groups (broad SMARTS) is 1. The lowest BCUT2D eigenvalue weighted by molar-refractivity contribution is -0.143. The number of carboxylic acids is 1. The molecule has 148 valence electrons. The number of carbonyl (C=O) groups is 2. The topological polar surface area (TPSA) is 70.1 Å². The minimum absolute atomic E-state index is 0.0273. The highest BCUT2D eigenvalue weighted by atomic mass is 16.5. The van der Waals surface area contributed by atoms with E-state index in [9.17, 15) is 9.59 Å². The highest BCUT2D eigenvalue weighted by Gasteiger charge is 2.46. The van der Waals surface area contributed by atoms with Gasteiger partial charge in [0.1, 0.15) is 0 Å². The van der Waals surface area contributed by atoms with Gasteiger partial charge >= 0.3 is 5.97 Å². The quantitative estimate of drug-likeness (QED) is 0.829. The number of nitrogens with zero attached hydrogens (tertiary/aromatic N) is 2. The molecule has 1 saturated heterocycles. The van der Waals surface area contributed by atoms with Crippen LogP contribution in [-0.2, 0) is 14.3 Å². The van der Waals surface area contributed by atoms with Crippen LogP contribution in [0.15, 0.2) is 42.5 Å². The van der Waals surface area contributed by atoms with Crippen LogP contribution in [0.4, 0.5) is 0 Å². The molecule has 0 bridgehead atoms. The second-order valence-corrected chi connectivity index (χ2v) is 7.92. The monoisotopic (exact) mass is 382 g/mol. The van der Waals surface area contributed by atoms with Gasteiger partial charge in [0.25, 0.3) is 0 Å². The van der Waals surface area contributed by atoms with E-state index in [0.29, 0.717) is 32.2 Å². The van der Waals surface area contributed by atoms with Crippen LogP contribution in [0.1, 0.15) is 17.9 Å². The summed E-state index contributed by atoms with van der Waals surface area (Å²) < 4.78 is 5.74. The molecule has 1 N–H and O–H groups in total. The molecule has 2 fully saturated rings. The van der Waals surface area contributed by atoms with Gasteiger partial charge in [-0.3, -0.25) is 14.5 Å². The normalized spacial score (nSPS) is 24.5. The number of hydrogen-bond donors (Lipinski definition) is 1. The highest BCUT2D eigenvalue weighted by molar-refractivity contribution is 5.86. The second-order valence-electron chi connectivity index (χ2n) is 7.92. The molecule has 1 aliphatic heterocycles. The number of amides is 1. The van der Waals surface area contributed by atoms with Gasteiger partial charge in [0, 0.05) is 25.6 Å². The van der Waals surface area contributed by atoms with E-state index < -0.39 is 5.97 Å². The van der Waals surface area contributed by atoms with Crippen LogP contribution in [0, 0.1) is 5.92 Å². The predicted molar refractivity (Wildman–Crippen MR) is 106 cm³/mol. The molecular weight excluding hydrogens is 356 g/mol. The molecule has 28 heavy (non-hydrogen) atoms. The first-order chi connectivity index (χ1) is 13.5. The Bertz CT molecular complexity index is 884. The zero-order valence-electron chi connectivity index (χ0n) is 16.1. The van der Waals surface area contributed by atoms with Gasteiger partial charge in [0.2, 0.25) is 5.91 Å². The van der Waals surface area contributed by atoms with Crippen molar-refractivity contribution in [2.24, 2.45) is 5.92 Å². The van der Waals surface area contributed by atoms with E-state index >= 15 is 0 Å². The van der Waals surface area contributed by atoms with E-state index in [1.54, 1.807) is 11.9 Å². The molecule has 0 radical (unpaired) electrons. The van der Waals surface area contributed by atoms with Crippen LogP contribution in [-0.4, -0.2) is 72.7 Å². The van der Waals surface area contributed by atoms with E-state index in [1.807, 2.05) is 17.0 Å². The van der Waals surface area contributed by atoms with E-state index in [-0.39, 0.29) is 24.5 Å². The molecule has 1 amide bonds. The van der Waals surface area contributed by atoms with Crippen LogP contribution in [0.25, 0.3) is 10.8 Å². The van der Waals surface area contributed by atoms with E-state index in [1.165, 1.54) is 16.3 Å². The maximum Gasteiger partial charge on any atom is 0.317 e. The number of benzene rings is 2. The average molecular weight is 382 g/mol. The number of rotatable bonds is 6. The molecule has 2 aromatic rings. The van der Waals surface area contributed by atoms with Crippen molar-refractivity contribution in [3.8, 4) is 0 Å². The number of carbonyl (C=O) groups excluding carboxylic acids is 1. The molecule has 2 aliphatic rings. The Hall–Kier alpha value is -2.44. The maximum atomic E-state index is 13.0. The van der Waals surface area contributed by atoms with Crippen LogP contribution in [0.3, 0.4) is 0 Å². The first-order valence-electron chi connectivity index (χ1n) is 9.80. The molecule has 1 aliphatic carbocycles. The van der Waals surface area contributed by atoms with Gasteiger partial charge in [0.05, 0.1) is 19.3 Å². The van der Waals surface area contributed by atoms with Crippen molar-refractivity contribution in [2.75, 3.05) is 39.8 Å². The fourth-order valence-electron chi connectivity index (χ4n) is 4.18. The minimum atomic E-state index is -0.859. The van der Waals surface area contributed by atoms with Crippen molar-refractivity contribution in [3.05, 3.63) is 48.0 Å². The fourth-order valence-corrected chi connectivity index (χ4v) is 4.18. The molecule has 1 saturated carbocycles. The van der Waals surface area contributed by atoms with Crippen molar-refractivity contribution in [1.29, 1.82) is 0 Å². The summed E-state index contributed by atoms with van der Waals surface area (Å²) >= 11 is 0. The Kier molecular flexibility index (Phi) is 5.33. The molecule has 1 heterocycles. The van der Waals surface area contributed by atoms with Crippen LogP contribution in [0.5, 0.6) is 0 Å². The molecule has 4 rings (SSSR count).